The van der Waals surface area contributed by atoms with Gasteiger partial charge in [0.05, 0.1) is 39.0 Å². The third-order valence-corrected chi connectivity index (χ3v) is 13.0. The predicted molar refractivity (Wildman–Crippen MR) is 324 cm³/mol. The normalized spacial score (nSPS) is 11.2. The lowest BCUT2D eigenvalue weighted by atomic mass is 10.1. The van der Waals surface area contributed by atoms with Gasteiger partial charge >= 0.3 is 17.9 Å². The Kier molecular flexibility index (Phi) is 39.0. The molecule has 0 heterocycles. The molecular weight excluding hydrogens is 997 g/mol. The molecule has 12 nitrogen and oxygen atoms in total. The summed E-state index contributed by atoms with van der Waals surface area (Å²) in [6.07, 6.45) is 28.0. The number of carbonyl (C=O) groups is 4. The predicted octanol–water partition coefficient (Wildman–Crippen LogP) is 18.0. The standard InChI is InChI=1S/C64H90O11.CH2O.2CH4/c1-8-14-19-24-41-68-57-38-33-51(61(70-43-26-21-16-10-3)63(57)72-45-28-23-18-12-5)35-40-59(66)75-56-37-32-52-46-55(36-31-53(52)47-56)74-58(65)39-34-50-29-30-54(48-73-64(67)49(7)13-6)62(71-44-27-22-17-11-4)60(50)69-42-25-20-15-9-2;1-2;;/h29-40,46-47,49H,8-28,41-45,48H2,1-7H3;1H2;2*1H4/b39-34+,40-35+;;;. The van der Waals surface area contributed by atoms with Crippen LogP contribution in [-0.4, -0.2) is 57.7 Å². The highest BCUT2D eigenvalue weighted by Crippen LogP contribution is 2.42. The highest BCUT2D eigenvalue weighted by atomic mass is 16.6. The smallest absolute Gasteiger partial charge is 0.336 e. The van der Waals surface area contributed by atoms with Crippen LogP contribution in [0.25, 0.3) is 22.9 Å². The van der Waals surface area contributed by atoms with Crippen molar-refractivity contribution in [2.75, 3.05) is 33.0 Å². The van der Waals surface area contributed by atoms with Crippen molar-refractivity contribution < 1.29 is 57.1 Å². The lowest BCUT2D eigenvalue weighted by Crippen LogP contribution is -2.14. The van der Waals surface area contributed by atoms with Crippen LogP contribution < -0.4 is 33.2 Å². The van der Waals surface area contributed by atoms with E-state index in [1.807, 2.05) is 57.0 Å². The minimum Gasteiger partial charge on any atom is -0.490 e. The number of esters is 3. The highest BCUT2D eigenvalue weighted by Gasteiger charge is 2.21. The van der Waals surface area contributed by atoms with Crippen molar-refractivity contribution in [3.05, 3.63) is 89.5 Å². The fourth-order valence-electron chi connectivity index (χ4n) is 8.19. The Labute approximate surface area is 476 Å². The molecule has 79 heavy (non-hydrogen) atoms. The van der Waals surface area contributed by atoms with Crippen LogP contribution in [0.1, 0.15) is 215 Å². The summed E-state index contributed by atoms with van der Waals surface area (Å²) in [7, 11) is 0. The average molecular weight is 1100 g/mol. The van der Waals surface area contributed by atoms with Gasteiger partial charge in [0, 0.05) is 28.8 Å². The summed E-state index contributed by atoms with van der Waals surface area (Å²) in [4.78, 5) is 47.4. The van der Waals surface area contributed by atoms with E-state index >= 15 is 0 Å². The molecule has 1 unspecified atom stereocenters. The summed E-state index contributed by atoms with van der Waals surface area (Å²) < 4.78 is 49.4. The molecule has 4 aromatic rings. The van der Waals surface area contributed by atoms with Gasteiger partial charge in [-0.1, -0.05) is 184 Å². The van der Waals surface area contributed by atoms with E-state index in [0.29, 0.717) is 96.4 Å². The van der Waals surface area contributed by atoms with Gasteiger partial charge < -0.3 is 42.7 Å². The van der Waals surface area contributed by atoms with Crippen molar-refractivity contribution >= 4 is 47.6 Å². The van der Waals surface area contributed by atoms with Crippen LogP contribution in [0.3, 0.4) is 0 Å². The van der Waals surface area contributed by atoms with Crippen LogP contribution in [0.5, 0.6) is 40.2 Å². The van der Waals surface area contributed by atoms with Gasteiger partial charge in [0.25, 0.3) is 0 Å². The fraction of sp³-hybridized carbons (Fsp3) is 0.552. The van der Waals surface area contributed by atoms with Crippen LogP contribution >= 0.6 is 0 Å². The number of fused-ring (bicyclic) bond motifs is 1. The summed E-state index contributed by atoms with van der Waals surface area (Å²) >= 11 is 0. The summed E-state index contributed by atoms with van der Waals surface area (Å²) in [5.41, 5.74) is 2.05. The van der Waals surface area contributed by atoms with Gasteiger partial charge in [0.15, 0.2) is 23.0 Å². The average Bonchev–Trinajstić information content (AvgIpc) is 3.47. The van der Waals surface area contributed by atoms with E-state index in [9.17, 15) is 14.4 Å². The minimum atomic E-state index is -0.575. The lowest BCUT2D eigenvalue weighted by molar-refractivity contribution is -0.149. The van der Waals surface area contributed by atoms with Gasteiger partial charge in [0.1, 0.15) is 24.9 Å². The molecule has 0 radical (unpaired) electrons. The topological polar surface area (TPSA) is 142 Å². The second-order valence-corrected chi connectivity index (χ2v) is 19.4. The maximum Gasteiger partial charge on any atom is 0.336 e. The maximum atomic E-state index is 13.4. The Hall–Kier alpha value is -6.30. The first kappa shape index (κ1) is 70.7. The molecule has 4 aromatic carbocycles. The van der Waals surface area contributed by atoms with Crippen LogP contribution in [-0.2, 0) is 30.5 Å². The Morgan fingerprint density at radius 2 is 0.835 bits per heavy atom. The molecule has 0 aromatic heterocycles. The van der Waals surface area contributed by atoms with E-state index in [-0.39, 0.29) is 33.3 Å². The Morgan fingerprint density at radius 1 is 0.456 bits per heavy atom. The molecule has 0 N–H and O–H groups in total. The molecule has 0 aliphatic heterocycles. The Balaban J connectivity index is 0.00000771. The zero-order valence-electron chi connectivity index (χ0n) is 47.9. The summed E-state index contributed by atoms with van der Waals surface area (Å²) in [6.45, 7) is 19.4. The zero-order valence-corrected chi connectivity index (χ0v) is 47.9. The third-order valence-electron chi connectivity index (χ3n) is 13.0. The molecule has 0 saturated heterocycles. The van der Waals surface area contributed by atoms with E-state index in [2.05, 4.69) is 34.6 Å². The maximum absolute atomic E-state index is 13.4. The van der Waals surface area contributed by atoms with E-state index in [4.69, 9.17) is 42.7 Å². The number of hydrogen-bond acceptors (Lipinski definition) is 12. The van der Waals surface area contributed by atoms with Crippen LogP contribution in [0.15, 0.2) is 72.8 Å². The molecule has 0 aliphatic rings. The zero-order chi connectivity index (χ0) is 55.9. The number of benzene rings is 4. The molecule has 0 amide bonds. The third kappa shape index (κ3) is 26.9. The van der Waals surface area contributed by atoms with E-state index in [1.165, 1.54) is 18.6 Å². The molecular formula is C67H100O12. The molecule has 0 bridgehead atoms. The molecule has 0 saturated carbocycles. The number of ether oxygens (including phenoxy) is 8. The second kappa shape index (κ2) is 43.6. The highest BCUT2D eigenvalue weighted by molar-refractivity contribution is 5.93. The first-order valence-corrected chi connectivity index (χ1v) is 28.9. The van der Waals surface area contributed by atoms with Gasteiger partial charge in [-0.3, -0.25) is 4.79 Å². The van der Waals surface area contributed by atoms with Crippen molar-refractivity contribution in [2.24, 2.45) is 5.92 Å². The van der Waals surface area contributed by atoms with E-state index in [1.54, 1.807) is 36.4 Å². The number of carbonyl (C=O) groups excluding carboxylic acids is 4. The van der Waals surface area contributed by atoms with Crippen LogP contribution in [0.2, 0.25) is 0 Å². The number of hydrogen-bond donors (Lipinski definition) is 0. The summed E-state index contributed by atoms with van der Waals surface area (Å²) in [5, 5.41) is 1.58. The van der Waals surface area contributed by atoms with E-state index in [0.717, 1.165) is 133 Å². The molecule has 0 fully saturated rings. The van der Waals surface area contributed by atoms with Gasteiger partial charge in [-0.05, 0) is 97.8 Å². The number of rotatable bonds is 40. The number of unbranched alkanes of at least 4 members (excludes halogenated alkanes) is 15. The summed E-state index contributed by atoms with van der Waals surface area (Å²) in [5.74, 6) is 1.94. The Bertz CT molecular complexity index is 2370. The second-order valence-electron chi connectivity index (χ2n) is 19.4. The quantitative estimate of drug-likeness (QED) is 0.0181. The first-order chi connectivity index (χ1) is 37.6. The monoisotopic (exact) mass is 1100 g/mol. The fourth-order valence-corrected chi connectivity index (χ4v) is 8.19. The van der Waals surface area contributed by atoms with Crippen LogP contribution in [0.4, 0.5) is 0 Å². The largest absolute Gasteiger partial charge is 0.490 e. The SMILES string of the molecule is C.C.C=O.CCCCCCOc1ccc(/C=C/C(=O)Oc2ccc3cc(OC(=O)/C=C/c4ccc(COC(=O)C(C)CC)c(OCCCCCC)c4OCCCCCC)ccc3c2)c(OCCCCCC)c1OCCCCCC. The van der Waals surface area contributed by atoms with Gasteiger partial charge in [-0.25, -0.2) is 9.59 Å². The van der Waals surface area contributed by atoms with Crippen molar-refractivity contribution in [3.63, 3.8) is 0 Å². The molecule has 1 atom stereocenters. The lowest BCUT2D eigenvalue weighted by Gasteiger charge is -2.19. The molecule has 0 aliphatic carbocycles. The molecule has 0 spiro atoms. The van der Waals surface area contributed by atoms with E-state index < -0.39 is 11.9 Å². The first-order valence-electron chi connectivity index (χ1n) is 28.9. The van der Waals surface area contributed by atoms with Crippen molar-refractivity contribution in [3.8, 4) is 40.2 Å². The van der Waals surface area contributed by atoms with Gasteiger partial charge in [0.2, 0.25) is 5.75 Å². The molecule has 440 valence electrons. The van der Waals surface area contributed by atoms with Crippen molar-refractivity contribution in [1.82, 2.24) is 0 Å². The van der Waals surface area contributed by atoms with Crippen LogP contribution in [0, 0.1) is 5.92 Å². The van der Waals surface area contributed by atoms with Crippen molar-refractivity contribution in [2.45, 2.75) is 205 Å². The Morgan fingerprint density at radius 3 is 1.25 bits per heavy atom. The van der Waals surface area contributed by atoms with Gasteiger partial charge in [-0.15, -0.1) is 0 Å². The van der Waals surface area contributed by atoms with Gasteiger partial charge in [-0.2, -0.15) is 0 Å². The minimum absolute atomic E-state index is 0. The summed E-state index contributed by atoms with van der Waals surface area (Å²) in [6, 6.07) is 18.1. The molecule has 12 heteroatoms. The van der Waals surface area contributed by atoms with Crippen molar-refractivity contribution in [1.29, 1.82) is 0 Å². The molecule has 4 rings (SSSR count).